The van der Waals surface area contributed by atoms with Gasteiger partial charge in [0.1, 0.15) is 0 Å². The van der Waals surface area contributed by atoms with Crippen LogP contribution in [0.1, 0.15) is 10.7 Å². The molecule has 3 heterocycles. The molecule has 2 aromatic rings. The van der Waals surface area contributed by atoms with E-state index in [4.69, 9.17) is 11.6 Å². The highest BCUT2D eigenvalue weighted by atomic mass is 35.5. The van der Waals surface area contributed by atoms with Crippen LogP contribution in [0.5, 0.6) is 0 Å². The van der Waals surface area contributed by atoms with Gasteiger partial charge < -0.3 is 0 Å². The number of sulfonamides is 1. The molecule has 0 amide bonds. The van der Waals surface area contributed by atoms with Gasteiger partial charge in [-0.15, -0.1) is 11.3 Å². The highest BCUT2D eigenvalue weighted by Crippen LogP contribution is 2.21. The van der Waals surface area contributed by atoms with Crippen LogP contribution in [0.3, 0.4) is 0 Å². The number of aromatic nitrogens is 2. The SMILES string of the molecule is Cc1nc(S(=O)(=O)N2CCN(Cc3ncccc3Cl)CC2)cs1. The number of pyridine rings is 1. The number of halogens is 1. The lowest BCUT2D eigenvalue weighted by Gasteiger charge is -2.33. The van der Waals surface area contributed by atoms with E-state index in [2.05, 4.69) is 14.9 Å². The van der Waals surface area contributed by atoms with Gasteiger partial charge in [-0.2, -0.15) is 4.31 Å². The van der Waals surface area contributed by atoms with Gasteiger partial charge in [0, 0.05) is 44.3 Å². The lowest BCUT2D eigenvalue weighted by atomic mass is 10.3. The Kier molecular flexibility index (Phi) is 4.98. The smallest absolute Gasteiger partial charge is 0.261 e. The number of hydrogen-bond acceptors (Lipinski definition) is 6. The van der Waals surface area contributed by atoms with Crippen LogP contribution in [0.15, 0.2) is 28.7 Å². The fraction of sp³-hybridized carbons (Fsp3) is 0.429. The maximum atomic E-state index is 12.5. The van der Waals surface area contributed by atoms with E-state index in [0.717, 1.165) is 10.7 Å². The molecule has 0 N–H and O–H groups in total. The van der Waals surface area contributed by atoms with Gasteiger partial charge in [-0.3, -0.25) is 9.88 Å². The number of thiazole rings is 1. The predicted octanol–water partition coefficient (Wildman–Crippen LogP) is 2.01. The Morgan fingerprint density at radius 1 is 1.30 bits per heavy atom. The second kappa shape index (κ2) is 6.82. The van der Waals surface area contributed by atoms with Gasteiger partial charge >= 0.3 is 0 Å². The average molecular weight is 373 g/mol. The molecule has 0 atom stereocenters. The first-order valence-corrected chi connectivity index (χ1v) is 9.90. The van der Waals surface area contributed by atoms with Crippen molar-refractivity contribution in [2.45, 2.75) is 18.5 Å². The maximum absolute atomic E-state index is 12.5. The monoisotopic (exact) mass is 372 g/mol. The molecule has 0 radical (unpaired) electrons. The molecule has 3 rings (SSSR count). The van der Waals surface area contributed by atoms with E-state index in [1.165, 1.54) is 15.6 Å². The van der Waals surface area contributed by atoms with Crippen LogP contribution in [0.2, 0.25) is 5.02 Å². The number of hydrogen-bond donors (Lipinski definition) is 0. The normalized spacial score (nSPS) is 17.5. The average Bonchev–Trinajstić information content (AvgIpc) is 2.98. The lowest BCUT2D eigenvalue weighted by Crippen LogP contribution is -2.48. The third kappa shape index (κ3) is 3.72. The highest BCUT2D eigenvalue weighted by Gasteiger charge is 2.30. The van der Waals surface area contributed by atoms with E-state index in [-0.39, 0.29) is 5.03 Å². The summed E-state index contributed by atoms with van der Waals surface area (Å²) in [5.41, 5.74) is 0.820. The predicted molar refractivity (Wildman–Crippen MR) is 90.1 cm³/mol. The number of rotatable bonds is 4. The van der Waals surface area contributed by atoms with Crippen molar-refractivity contribution in [1.82, 2.24) is 19.2 Å². The van der Waals surface area contributed by atoms with Gasteiger partial charge in [0.25, 0.3) is 10.0 Å². The van der Waals surface area contributed by atoms with E-state index in [0.29, 0.717) is 37.7 Å². The second-order valence-electron chi connectivity index (χ2n) is 5.32. The Morgan fingerprint density at radius 2 is 2.04 bits per heavy atom. The summed E-state index contributed by atoms with van der Waals surface area (Å²) < 4.78 is 26.6. The summed E-state index contributed by atoms with van der Waals surface area (Å²) in [4.78, 5) is 10.5. The van der Waals surface area contributed by atoms with Crippen molar-refractivity contribution in [2.75, 3.05) is 26.2 Å². The summed E-state index contributed by atoms with van der Waals surface area (Å²) in [5.74, 6) is 0. The number of piperazine rings is 1. The van der Waals surface area contributed by atoms with Crippen molar-refractivity contribution in [1.29, 1.82) is 0 Å². The molecule has 9 heteroatoms. The van der Waals surface area contributed by atoms with E-state index in [1.807, 2.05) is 6.07 Å². The Balaban J connectivity index is 1.63. The van der Waals surface area contributed by atoms with Crippen molar-refractivity contribution < 1.29 is 8.42 Å². The standard InChI is InChI=1S/C14H17ClN4O2S2/c1-11-17-14(10-22-11)23(20,21)19-7-5-18(6-8-19)9-13-12(15)3-2-4-16-13/h2-4,10H,5-9H2,1H3. The number of aryl methyl sites for hydroxylation is 1. The quantitative estimate of drug-likeness (QED) is 0.821. The Bertz CT molecular complexity index is 786. The molecule has 0 unspecified atom stereocenters. The molecular weight excluding hydrogens is 356 g/mol. The van der Waals surface area contributed by atoms with Gasteiger partial charge in [-0.1, -0.05) is 11.6 Å². The highest BCUT2D eigenvalue weighted by molar-refractivity contribution is 7.89. The molecule has 1 fully saturated rings. The zero-order chi connectivity index (χ0) is 16.4. The molecular formula is C14H17ClN4O2S2. The second-order valence-corrected chi connectivity index (χ2v) is 8.67. The van der Waals surface area contributed by atoms with Gasteiger partial charge in [0.05, 0.1) is 15.7 Å². The van der Waals surface area contributed by atoms with Crippen molar-refractivity contribution in [3.05, 3.63) is 39.4 Å². The fourth-order valence-electron chi connectivity index (χ4n) is 2.47. The van der Waals surface area contributed by atoms with Crippen LogP contribution >= 0.6 is 22.9 Å². The van der Waals surface area contributed by atoms with Crippen LogP contribution < -0.4 is 0 Å². The molecule has 0 aromatic carbocycles. The van der Waals surface area contributed by atoms with Gasteiger partial charge in [0.2, 0.25) is 0 Å². The molecule has 0 bridgehead atoms. The minimum absolute atomic E-state index is 0.154. The zero-order valence-electron chi connectivity index (χ0n) is 12.6. The van der Waals surface area contributed by atoms with Crippen LogP contribution in [0.4, 0.5) is 0 Å². The van der Waals surface area contributed by atoms with Gasteiger partial charge in [0.15, 0.2) is 5.03 Å². The fourth-order valence-corrected chi connectivity index (χ4v) is 4.97. The molecule has 1 saturated heterocycles. The van der Waals surface area contributed by atoms with E-state index in [1.54, 1.807) is 24.6 Å². The molecule has 0 spiro atoms. The maximum Gasteiger partial charge on any atom is 0.261 e. The van der Waals surface area contributed by atoms with E-state index >= 15 is 0 Å². The molecule has 6 nitrogen and oxygen atoms in total. The van der Waals surface area contributed by atoms with Crippen LogP contribution in [-0.4, -0.2) is 53.8 Å². The summed E-state index contributed by atoms with van der Waals surface area (Å²) in [7, 11) is -3.48. The Hall–Kier alpha value is -1.06. The van der Waals surface area contributed by atoms with Crippen LogP contribution in [0.25, 0.3) is 0 Å². The van der Waals surface area contributed by atoms with Crippen LogP contribution in [-0.2, 0) is 16.6 Å². The number of nitrogens with zero attached hydrogens (tertiary/aromatic N) is 4. The summed E-state index contributed by atoms with van der Waals surface area (Å²) in [6, 6.07) is 3.61. The minimum Gasteiger partial charge on any atom is -0.295 e. The third-order valence-corrected chi connectivity index (χ3v) is 6.79. The summed E-state index contributed by atoms with van der Waals surface area (Å²) >= 11 is 7.47. The largest absolute Gasteiger partial charge is 0.295 e. The summed E-state index contributed by atoms with van der Waals surface area (Å²) in [5, 5.41) is 3.15. The molecule has 1 aliphatic heterocycles. The lowest BCUT2D eigenvalue weighted by molar-refractivity contribution is 0.180. The van der Waals surface area contributed by atoms with Crippen molar-refractivity contribution in [3.63, 3.8) is 0 Å². The van der Waals surface area contributed by atoms with Crippen molar-refractivity contribution in [3.8, 4) is 0 Å². The van der Waals surface area contributed by atoms with Gasteiger partial charge in [-0.25, -0.2) is 13.4 Å². The van der Waals surface area contributed by atoms with Crippen molar-refractivity contribution in [2.24, 2.45) is 0 Å². The molecule has 124 valence electrons. The third-order valence-electron chi connectivity index (χ3n) is 3.74. The molecule has 0 saturated carbocycles. The first-order chi connectivity index (χ1) is 11.0. The zero-order valence-corrected chi connectivity index (χ0v) is 15.0. The van der Waals surface area contributed by atoms with E-state index in [9.17, 15) is 8.42 Å². The molecule has 1 aliphatic rings. The molecule has 0 aliphatic carbocycles. The van der Waals surface area contributed by atoms with Gasteiger partial charge in [-0.05, 0) is 19.1 Å². The first-order valence-electron chi connectivity index (χ1n) is 7.21. The topological polar surface area (TPSA) is 66.4 Å². The minimum atomic E-state index is -3.48. The first kappa shape index (κ1) is 16.8. The Labute approximate surface area is 144 Å². The molecule has 2 aromatic heterocycles. The van der Waals surface area contributed by atoms with Crippen LogP contribution in [0, 0.1) is 6.92 Å². The van der Waals surface area contributed by atoms with E-state index < -0.39 is 10.0 Å². The van der Waals surface area contributed by atoms with Crippen molar-refractivity contribution >= 4 is 33.0 Å². The summed E-state index contributed by atoms with van der Waals surface area (Å²) in [6.07, 6.45) is 1.71. The molecule has 23 heavy (non-hydrogen) atoms. The summed E-state index contributed by atoms with van der Waals surface area (Å²) in [6.45, 7) is 4.62. The Morgan fingerprint density at radius 3 is 2.65 bits per heavy atom.